The molecule has 0 saturated carbocycles. The lowest BCUT2D eigenvalue weighted by molar-refractivity contribution is 1.27. The van der Waals surface area contributed by atoms with Gasteiger partial charge in [0.25, 0.3) is 0 Å². The molecule has 0 atom stereocenters. The lowest BCUT2D eigenvalue weighted by atomic mass is 9.99. The fourth-order valence-electron chi connectivity index (χ4n) is 8.90. The summed E-state index contributed by atoms with van der Waals surface area (Å²) >= 11 is 0. The highest BCUT2D eigenvalue weighted by atomic mass is 15.1. The minimum absolute atomic E-state index is 1.10. The van der Waals surface area contributed by atoms with Gasteiger partial charge in [-0.1, -0.05) is 168 Å². The molecule has 0 aromatic heterocycles. The summed E-state index contributed by atoms with van der Waals surface area (Å²) in [5, 5.41) is 0. The van der Waals surface area contributed by atoms with E-state index < -0.39 is 0 Å². The fourth-order valence-corrected chi connectivity index (χ4v) is 8.90. The normalized spacial score (nSPS) is 11.7. The lowest BCUT2D eigenvalue weighted by Crippen LogP contribution is -2.10. The third-order valence-corrected chi connectivity index (χ3v) is 12.3. The first-order chi connectivity index (χ1) is 32.0. The van der Waals surface area contributed by atoms with Crippen LogP contribution < -0.4 is 9.80 Å². The van der Waals surface area contributed by atoms with E-state index >= 15 is 0 Å². The van der Waals surface area contributed by atoms with Gasteiger partial charge in [-0.05, 0) is 184 Å². The molecule has 0 aliphatic rings. The molecule has 326 valence electrons. The van der Waals surface area contributed by atoms with Crippen molar-refractivity contribution in [3.05, 3.63) is 261 Å². The van der Waals surface area contributed by atoms with E-state index in [1.54, 1.807) is 0 Å². The van der Waals surface area contributed by atoms with Crippen molar-refractivity contribution in [1.82, 2.24) is 0 Å². The number of benzene rings is 8. The fraction of sp³-hybridized carbons (Fsp3) is 0.125. The minimum atomic E-state index is 1.10. The summed E-state index contributed by atoms with van der Waals surface area (Å²) in [5.41, 5.74) is 24.2. The van der Waals surface area contributed by atoms with Crippen molar-refractivity contribution >= 4 is 58.4 Å². The quantitative estimate of drug-likeness (QED) is 0.107. The number of allylic oxidation sites excluding steroid dienone is 4. The molecule has 0 saturated heterocycles. The van der Waals surface area contributed by atoms with Gasteiger partial charge in [0.15, 0.2) is 0 Å². The molecule has 0 amide bonds. The van der Waals surface area contributed by atoms with Gasteiger partial charge in [0, 0.05) is 34.1 Å². The Bertz CT molecular complexity index is 2780. The maximum atomic E-state index is 2.33. The Morgan fingerprint density at radius 3 is 0.788 bits per heavy atom. The van der Waals surface area contributed by atoms with Crippen LogP contribution in [0.1, 0.15) is 66.8 Å². The smallest absolute Gasteiger partial charge is 0.0462 e. The van der Waals surface area contributed by atoms with Crippen LogP contribution in [0.2, 0.25) is 0 Å². The number of aryl methyl sites for hydroxylation is 8. The second kappa shape index (κ2) is 20.4. The molecule has 0 aliphatic carbocycles. The summed E-state index contributed by atoms with van der Waals surface area (Å²) in [6.45, 7) is 17.3. The van der Waals surface area contributed by atoms with Crippen molar-refractivity contribution in [3.8, 4) is 11.1 Å². The lowest BCUT2D eigenvalue weighted by Gasteiger charge is -2.26. The first kappa shape index (κ1) is 44.9. The Hall–Kier alpha value is -7.68. The predicted octanol–water partition coefficient (Wildman–Crippen LogP) is 18.2. The molecule has 0 fully saturated rings. The molecule has 0 spiro atoms. The minimum Gasteiger partial charge on any atom is -0.311 e. The Balaban J connectivity index is 1.00. The number of hydrogen-bond donors (Lipinski definition) is 0. The van der Waals surface area contributed by atoms with Gasteiger partial charge in [-0.15, -0.1) is 0 Å². The van der Waals surface area contributed by atoms with Crippen LogP contribution >= 0.6 is 0 Å². The second-order valence-electron chi connectivity index (χ2n) is 17.7. The average Bonchev–Trinajstić information content (AvgIpc) is 3.31. The van der Waals surface area contributed by atoms with Crippen LogP contribution in [0.4, 0.5) is 34.1 Å². The van der Waals surface area contributed by atoms with E-state index in [1.807, 2.05) is 0 Å². The zero-order valence-corrected chi connectivity index (χ0v) is 39.7. The van der Waals surface area contributed by atoms with Crippen molar-refractivity contribution in [3.63, 3.8) is 0 Å². The van der Waals surface area contributed by atoms with Gasteiger partial charge in [0.05, 0.1) is 0 Å². The largest absolute Gasteiger partial charge is 0.311 e. The molecule has 0 N–H and O–H groups in total. The van der Waals surface area contributed by atoms with Crippen LogP contribution in [0, 0.1) is 55.4 Å². The first-order valence-electron chi connectivity index (χ1n) is 23.0. The third-order valence-electron chi connectivity index (χ3n) is 12.3. The SMILES string of the molecule is Cc1ccc(N(c2ccc(C=CC=Cc3c(C)cc(C)cc3C)cc2)c2ccc(-c3ccc(N(c4ccc(C)cc4)c4ccc(C=CC=Cc5c(C)cc(C)cc5C)cc4)cc3)cc2)cc1. The molecular weight excluding hydrogens is 797 g/mol. The predicted molar refractivity (Wildman–Crippen MR) is 288 cm³/mol. The summed E-state index contributed by atoms with van der Waals surface area (Å²) < 4.78 is 0. The number of rotatable bonds is 13. The zero-order chi connectivity index (χ0) is 46.2. The van der Waals surface area contributed by atoms with Crippen LogP contribution in [-0.2, 0) is 0 Å². The van der Waals surface area contributed by atoms with Crippen molar-refractivity contribution in [2.45, 2.75) is 55.4 Å². The van der Waals surface area contributed by atoms with Crippen LogP contribution in [0.3, 0.4) is 0 Å². The van der Waals surface area contributed by atoms with Crippen LogP contribution in [0.5, 0.6) is 0 Å². The van der Waals surface area contributed by atoms with Crippen LogP contribution in [-0.4, -0.2) is 0 Å². The highest BCUT2D eigenvalue weighted by molar-refractivity contribution is 5.81. The van der Waals surface area contributed by atoms with Crippen molar-refractivity contribution in [2.75, 3.05) is 9.80 Å². The summed E-state index contributed by atoms with van der Waals surface area (Å²) in [4.78, 5) is 4.65. The molecule has 8 aromatic rings. The van der Waals surface area contributed by atoms with E-state index in [0.29, 0.717) is 0 Å². The van der Waals surface area contributed by atoms with Crippen molar-refractivity contribution < 1.29 is 0 Å². The highest BCUT2D eigenvalue weighted by Gasteiger charge is 2.15. The molecular formula is C64H60N2. The Morgan fingerprint density at radius 2 is 0.500 bits per heavy atom. The summed E-state index contributed by atoms with van der Waals surface area (Å²) in [7, 11) is 0. The average molecular weight is 857 g/mol. The van der Waals surface area contributed by atoms with Gasteiger partial charge >= 0.3 is 0 Å². The highest BCUT2D eigenvalue weighted by Crippen LogP contribution is 2.38. The second-order valence-corrected chi connectivity index (χ2v) is 17.7. The maximum Gasteiger partial charge on any atom is 0.0462 e. The topological polar surface area (TPSA) is 6.48 Å². The molecule has 2 heteroatoms. The Kier molecular flexibility index (Phi) is 13.9. The van der Waals surface area contributed by atoms with E-state index in [4.69, 9.17) is 0 Å². The zero-order valence-electron chi connectivity index (χ0n) is 39.7. The van der Waals surface area contributed by atoms with Crippen molar-refractivity contribution in [1.29, 1.82) is 0 Å². The standard InChI is InChI=1S/C64H60N2/c1-45-17-29-57(30-18-45)65(59-33-21-53(22-34-59)13-9-11-15-63-49(5)41-47(3)42-50(63)6)61-37-25-55(26-38-61)56-27-39-62(40-28-56)66(58-31-19-46(2)20-32-58)60-35-23-54(24-36-60)14-10-12-16-64-51(7)43-48(4)44-52(64)8/h9-44H,1-8H3. The first-order valence-corrected chi connectivity index (χ1v) is 23.0. The Morgan fingerprint density at radius 1 is 0.258 bits per heavy atom. The molecule has 0 bridgehead atoms. The molecule has 8 rings (SSSR count). The summed E-state index contributed by atoms with van der Waals surface area (Å²) in [5.74, 6) is 0. The summed E-state index contributed by atoms with van der Waals surface area (Å²) in [6, 6.07) is 61.9. The maximum absolute atomic E-state index is 2.33. The van der Waals surface area contributed by atoms with Gasteiger partial charge in [0.2, 0.25) is 0 Å². The van der Waals surface area contributed by atoms with E-state index in [2.05, 4.69) is 284 Å². The van der Waals surface area contributed by atoms with E-state index in [9.17, 15) is 0 Å². The molecule has 2 nitrogen and oxygen atoms in total. The molecule has 0 radical (unpaired) electrons. The molecule has 66 heavy (non-hydrogen) atoms. The van der Waals surface area contributed by atoms with E-state index in [-0.39, 0.29) is 0 Å². The van der Waals surface area contributed by atoms with Gasteiger partial charge in [-0.2, -0.15) is 0 Å². The van der Waals surface area contributed by atoms with Gasteiger partial charge in [0.1, 0.15) is 0 Å². The number of anilines is 6. The van der Waals surface area contributed by atoms with Crippen LogP contribution in [0.25, 0.3) is 35.4 Å². The summed E-state index contributed by atoms with van der Waals surface area (Å²) in [6.07, 6.45) is 17.3. The van der Waals surface area contributed by atoms with E-state index in [0.717, 1.165) is 45.3 Å². The third kappa shape index (κ3) is 10.8. The number of nitrogens with zero attached hydrogens (tertiary/aromatic N) is 2. The van der Waals surface area contributed by atoms with Crippen LogP contribution in [0.15, 0.2) is 194 Å². The van der Waals surface area contributed by atoms with Gasteiger partial charge in [-0.3, -0.25) is 0 Å². The van der Waals surface area contributed by atoms with Gasteiger partial charge < -0.3 is 9.80 Å². The van der Waals surface area contributed by atoms with Gasteiger partial charge in [-0.25, -0.2) is 0 Å². The van der Waals surface area contributed by atoms with Crippen molar-refractivity contribution in [2.24, 2.45) is 0 Å². The molecule has 0 aliphatic heterocycles. The molecule has 0 unspecified atom stereocenters. The molecule has 0 heterocycles. The Labute approximate surface area is 393 Å². The van der Waals surface area contributed by atoms with E-state index in [1.165, 1.54) is 66.8 Å². The molecule has 8 aromatic carbocycles. The monoisotopic (exact) mass is 856 g/mol. The number of hydrogen-bond acceptors (Lipinski definition) is 2.